The van der Waals surface area contributed by atoms with Gasteiger partial charge in [0.05, 0.1) is 18.7 Å². The van der Waals surface area contributed by atoms with Crippen molar-refractivity contribution in [1.82, 2.24) is 15.5 Å². The zero-order chi connectivity index (χ0) is 29.7. The van der Waals surface area contributed by atoms with Gasteiger partial charge in [0.2, 0.25) is 17.7 Å². The summed E-state index contributed by atoms with van der Waals surface area (Å²) in [6, 6.07) is 6.90. The van der Waals surface area contributed by atoms with Crippen molar-refractivity contribution in [2.45, 2.75) is 94.9 Å². The Hall–Kier alpha value is -3.26. The van der Waals surface area contributed by atoms with Crippen LogP contribution in [-0.2, 0) is 19.8 Å². The fourth-order valence-corrected chi connectivity index (χ4v) is 5.47. The Morgan fingerprint density at radius 1 is 1.27 bits per heavy atom. The number of halogens is 2. The number of hydrogen-bond donors (Lipinski definition) is 3. The molecule has 1 aliphatic carbocycles. The predicted octanol–water partition coefficient (Wildman–Crippen LogP) is 2.72. The highest BCUT2D eigenvalue weighted by atomic mass is 19.3. The van der Waals surface area contributed by atoms with Gasteiger partial charge in [-0.05, 0) is 36.0 Å². The molecule has 2 saturated heterocycles. The number of aliphatic hydroxyl groups is 1. The number of aldehydes is 1. The first kappa shape index (κ1) is 31.3. The van der Waals surface area contributed by atoms with E-state index in [2.05, 4.69) is 43.5 Å². The number of carbonyl (C=O) groups is 3. The molecule has 0 aromatic heterocycles. The number of nitrogens with zero attached hydrogens (tertiary/aromatic N) is 3. The van der Waals surface area contributed by atoms with Gasteiger partial charge in [0.25, 0.3) is 0 Å². The van der Waals surface area contributed by atoms with Crippen LogP contribution in [0.4, 0.5) is 14.5 Å². The number of benzene rings is 1. The standard InChI is InChI=1S/C23H33F2N3O2.C6H8N2O2/c1-22(2,3)16-5-7-18(8-6-16)28(4)20(15-13-19(29)26-14-15)21(30)27-17-9-11-23(24,25)12-10-17;7-4-8-2-6(10)1-5(8)3-9/h5-8,15,17,20H,9-14H2,1-4H3,(H,26,29)(H,27,30);3,5-6,10H,1-2H2. The number of aliphatic hydroxyl groups excluding tert-OH is 1. The molecule has 9 nitrogen and oxygen atoms in total. The molecule has 3 aliphatic rings. The van der Waals surface area contributed by atoms with Crippen molar-refractivity contribution in [3.8, 4) is 6.19 Å². The van der Waals surface area contributed by atoms with E-state index in [1.165, 1.54) is 10.5 Å². The molecule has 3 N–H and O–H groups in total. The quantitative estimate of drug-likeness (QED) is 0.360. The molecule has 4 atom stereocenters. The lowest BCUT2D eigenvalue weighted by atomic mass is 9.87. The largest absolute Gasteiger partial charge is 0.391 e. The minimum atomic E-state index is -2.63. The maximum absolute atomic E-state index is 13.5. The van der Waals surface area contributed by atoms with Gasteiger partial charge in [-0.1, -0.05) is 32.9 Å². The topological polar surface area (TPSA) is 126 Å². The third-order valence-corrected chi connectivity index (χ3v) is 7.95. The Bertz CT molecular complexity index is 1080. The number of hydrogen-bond acceptors (Lipinski definition) is 7. The van der Waals surface area contributed by atoms with E-state index in [4.69, 9.17) is 10.4 Å². The molecule has 1 aromatic rings. The van der Waals surface area contributed by atoms with Gasteiger partial charge in [-0.25, -0.2) is 8.78 Å². The molecular weight excluding hydrogens is 520 g/mol. The zero-order valence-electron chi connectivity index (χ0n) is 23.7. The molecule has 220 valence electrons. The molecule has 3 fully saturated rings. The summed E-state index contributed by atoms with van der Waals surface area (Å²) in [4.78, 5) is 38.5. The summed E-state index contributed by atoms with van der Waals surface area (Å²) in [5, 5.41) is 23.2. The highest BCUT2D eigenvalue weighted by Gasteiger charge is 2.40. The average Bonchev–Trinajstić information content (AvgIpc) is 3.49. The van der Waals surface area contributed by atoms with Crippen LogP contribution in [0, 0.1) is 17.4 Å². The predicted molar refractivity (Wildman–Crippen MR) is 147 cm³/mol. The van der Waals surface area contributed by atoms with Crippen LogP contribution in [0.5, 0.6) is 0 Å². The van der Waals surface area contributed by atoms with Crippen molar-refractivity contribution in [2.24, 2.45) is 5.92 Å². The summed E-state index contributed by atoms with van der Waals surface area (Å²) in [5.74, 6) is -3.07. The van der Waals surface area contributed by atoms with E-state index >= 15 is 0 Å². The number of alkyl halides is 2. The van der Waals surface area contributed by atoms with Gasteiger partial charge >= 0.3 is 0 Å². The van der Waals surface area contributed by atoms with E-state index in [1.807, 2.05) is 30.3 Å². The van der Waals surface area contributed by atoms with Gasteiger partial charge in [-0.3, -0.25) is 14.5 Å². The van der Waals surface area contributed by atoms with Gasteiger partial charge < -0.3 is 25.4 Å². The second-order valence-electron chi connectivity index (χ2n) is 12.1. The van der Waals surface area contributed by atoms with Gasteiger partial charge in [0.15, 0.2) is 6.19 Å². The van der Waals surface area contributed by atoms with Crippen LogP contribution < -0.4 is 15.5 Å². The minimum absolute atomic E-state index is 0.0265. The first-order chi connectivity index (χ1) is 18.7. The number of nitrogens with one attached hydrogen (secondary N) is 2. The maximum Gasteiger partial charge on any atom is 0.248 e. The number of β-amino-alcohol motifs (C(OH)–C–C–N with tert-alkyl or cyclic N) is 1. The highest BCUT2D eigenvalue weighted by Crippen LogP contribution is 2.33. The Morgan fingerprint density at radius 2 is 1.90 bits per heavy atom. The van der Waals surface area contributed by atoms with Gasteiger partial charge in [0.1, 0.15) is 12.3 Å². The molecule has 0 bridgehead atoms. The molecule has 4 rings (SSSR count). The molecular formula is C29H41F2N5O4. The van der Waals surface area contributed by atoms with Gasteiger partial charge in [0, 0.05) is 56.9 Å². The molecule has 2 amide bonds. The van der Waals surface area contributed by atoms with Gasteiger partial charge in [-0.2, -0.15) is 5.26 Å². The monoisotopic (exact) mass is 561 g/mol. The van der Waals surface area contributed by atoms with Crippen LogP contribution >= 0.6 is 0 Å². The van der Waals surface area contributed by atoms with Crippen LogP contribution in [0.1, 0.15) is 64.9 Å². The van der Waals surface area contributed by atoms with Crippen LogP contribution in [-0.4, -0.2) is 78.4 Å². The third-order valence-electron chi connectivity index (χ3n) is 7.95. The lowest BCUT2D eigenvalue weighted by Crippen LogP contribution is -2.53. The Kier molecular flexibility index (Phi) is 10.1. The normalized spacial score (nSPS) is 25.2. The van der Waals surface area contributed by atoms with Crippen LogP contribution in [0.2, 0.25) is 0 Å². The summed E-state index contributed by atoms with van der Waals surface area (Å²) < 4.78 is 26.9. The van der Waals surface area contributed by atoms with Crippen LogP contribution in [0.3, 0.4) is 0 Å². The van der Waals surface area contributed by atoms with E-state index < -0.39 is 24.1 Å². The summed E-state index contributed by atoms with van der Waals surface area (Å²) in [6.07, 6.45) is 2.84. The Balaban J connectivity index is 0.000000371. The highest BCUT2D eigenvalue weighted by molar-refractivity contribution is 5.88. The minimum Gasteiger partial charge on any atom is -0.391 e. The Morgan fingerprint density at radius 3 is 2.38 bits per heavy atom. The zero-order valence-corrected chi connectivity index (χ0v) is 23.7. The van der Waals surface area contributed by atoms with E-state index in [1.54, 1.807) is 0 Å². The molecule has 4 unspecified atom stereocenters. The SMILES string of the molecule is CN(c1ccc(C(C)(C)C)cc1)C(C(=O)NC1CCC(F)(F)CC1)C1CNC(=O)C1.N#CN1CC(O)CC1C=O. The van der Waals surface area contributed by atoms with Crippen molar-refractivity contribution < 1.29 is 28.3 Å². The number of amides is 2. The first-order valence-corrected chi connectivity index (χ1v) is 13.8. The van der Waals surface area contributed by atoms with Crippen LogP contribution in [0.25, 0.3) is 0 Å². The molecule has 2 heterocycles. The molecule has 1 saturated carbocycles. The third kappa shape index (κ3) is 8.13. The second kappa shape index (κ2) is 12.9. The molecule has 1 aromatic carbocycles. The molecule has 2 aliphatic heterocycles. The Labute approximate surface area is 234 Å². The number of carbonyl (C=O) groups excluding carboxylic acids is 3. The van der Waals surface area contributed by atoms with E-state index in [0.717, 1.165) is 5.69 Å². The summed E-state index contributed by atoms with van der Waals surface area (Å²) in [7, 11) is 1.86. The maximum atomic E-state index is 13.5. The number of likely N-dealkylation sites (N-methyl/N-ethyl adjacent to an activating group) is 1. The lowest BCUT2D eigenvalue weighted by molar-refractivity contribution is -0.125. The summed E-state index contributed by atoms with van der Waals surface area (Å²) in [5.41, 5.74) is 2.11. The van der Waals surface area contributed by atoms with E-state index in [9.17, 15) is 23.2 Å². The summed E-state index contributed by atoms with van der Waals surface area (Å²) in [6.45, 7) is 7.16. The molecule has 11 heteroatoms. The number of rotatable bonds is 6. The molecule has 0 radical (unpaired) electrons. The van der Waals surface area contributed by atoms with Crippen LogP contribution in [0.15, 0.2) is 24.3 Å². The van der Waals surface area contributed by atoms with Crippen molar-refractivity contribution in [3.05, 3.63) is 29.8 Å². The number of anilines is 1. The number of likely N-dealkylation sites (tertiary alicyclic amines) is 1. The molecule has 0 spiro atoms. The lowest BCUT2D eigenvalue weighted by Gasteiger charge is -2.35. The first-order valence-electron chi connectivity index (χ1n) is 13.8. The average molecular weight is 562 g/mol. The van der Waals surface area contributed by atoms with Crippen molar-refractivity contribution in [3.63, 3.8) is 0 Å². The fraction of sp³-hybridized carbons (Fsp3) is 0.655. The summed E-state index contributed by atoms with van der Waals surface area (Å²) >= 11 is 0. The van der Waals surface area contributed by atoms with Crippen molar-refractivity contribution >= 4 is 23.8 Å². The van der Waals surface area contributed by atoms with Crippen molar-refractivity contribution in [2.75, 3.05) is 25.0 Å². The smallest absolute Gasteiger partial charge is 0.248 e. The fourth-order valence-electron chi connectivity index (χ4n) is 5.47. The second-order valence-corrected chi connectivity index (χ2v) is 12.1. The van der Waals surface area contributed by atoms with Gasteiger partial charge in [-0.15, -0.1) is 0 Å². The van der Waals surface area contributed by atoms with E-state index in [-0.39, 0.29) is 61.3 Å². The molecule has 40 heavy (non-hydrogen) atoms. The van der Waals surface area contributed by atoms with E-state index in [0.29, 0.717) is 25.8 Å². The number of nitriles is 1. The van der Waals surface area contributed by atoms with Crippen molar-refractivity contribution in [1.29, 1.82) is 5.26 Å².